The summed E-state index contributed by atoms with van der Waals surface area (Å²) < 4.78 is 16.5. The molecule has 0 aliphatic carbocycles. The second-order valence-corrected chi connectivity index (χ2v) is 8.51. The van der Waals surface area contributed by atoms with Crippen LogP contribution in [-0.2, 0) is 11.3 Å². The van der Waals surface area contributed by atoms with Crippen molar-refractivity contribution in [1.29, 1.82) is 0 Å². The summed E-state index contributed by atoms with van der Waals surface area (Å²) in [5, 5.41) is 3.35. The molecule has 35 heavy (non-hydrogen) atoms. The summed E-state index contributed by atoms with van der Waals surface area (Å²) in [5.74, 6) is 0.372. The van der Waals surface area contributed by atoms with Crippen molar-refractivity contribution < 1.29 is 9.18 Å². The number of pyridine rings is 1. The van der Waals surface area contributed by atoms with Crippen LogP contribution >= 0.6 is 0 Å². The molecule has 1 aliphatic rings. The average Bonchev–Trinajstić information content (AvgIpc) is 3.26. The fourth-order valence-corrected chi connectivity index (χ4v) is 4.19. The van der Waals surface area contributed by atoms with Gasteiger partial charge in [-0.2, -0.15) is 0 Å². The maximum absolute atomic E-state index is 13.7. The van der Waals surface area contributed by atoms with Gasteiger partial charge in [-0.05, 0) is 38.0 Å². The van der Waals surface area contributed by atoms with Gasteiger partial charge < -0.3 is 10.2 Å². The zero-order valence-electron chi connectivity index (χ0n) is 18.9. The lowest BCUT2D eigenvalue weighted by Crippen LogP contribution is -2.47. The minimum absolute atomic E-state index is 0.0517. The van der Waals surface area contributed by atoms with Crippen LogP contribution in [0, 0.1) is 12.7 Å². The van der Waals surface area contributed by atoms with Crippen molar-refractivity contribution in [2.75, 3.05) is 18.4 Å². The van der Waals surface area contributed by atoms with Crippen LogP contribution in [0.1, 0.15) is 18.4 Å². The maximum atomic E-state index is 13.7. The fraction of sp³-hybridized carbons (Fsp3) is 0.304. The van der Waals surface area contributed by atoms with Gasteiger partial charge in [0.2, 0.25) is 5.91 Å². The number of nitrogens with one attached hydrogen (secondary N) is 2. The first kappa shape index (κ1) is 22.4. The zero-order valence-corrected chi connectivity index (χ0v) is 18.9. The molecule has 11 nitrogen and oxygen atoms in total. The number of aromatic amines is 1. The summed E-state index contributed by atoms with van der Waals surface area (Å²) >= 11 is 0. The normalized spacial score (nSPS) is 15.9. The third-order valence-corrected chi connectivity index (χ3v) is 5.97. The molecule has 4 aromatic rings. The Balaban J connectivity index is 1.29. The van der Waals surface area contributed by atoms with Crippen molar-refractivity contribution in [3.8, 4) is 11.5 Å². The van der Waals surface area contributed by atoms with E-state index in [1.165, 1.54) is 23.0 Å². The predicted molar refractivity (Wildman–Crippen MR) is 125 cm³/mol. The number of nitrogens with zero attached hydrogens (tertiary/aromatic N) is 6. The van der Waals surface area contributed by atoms with Crippen LogP contribution in [0.3, 0.4) is 0 Å². The minimum atomic E-state index is -0.610. The molecule has 0 saturated carbocycles. The molecular weight excluding hydrogens is 455 g/mol. The van der Waals surface area contributed by atoms with Crippen LogP contribution in [0.4, 0.5) is 10.2 Å². The van der Waals surface area contributed by atoms with E-state index in [1.807, 2.05) is 0 Å². The number of hydrogen-bond acceptors (Lipinski definition) is 7. The molecule has 0 spiro atoms. The van der Waals surface area contributed by atoms with E-state index in [4.69, 9.17) is 0 Å². The molecule has 5 rings (SSSR count). The van der Waals surface area contributed by atoms with Gasteiger partial charge in [-0.1, -0.05) is 0 Å². The van der Waals surface area contributed by atoms with Gasteiger partial charge in [0.25, 0.3) is 5.56 Å². The zero-order chi connectivity index (χ0) is 24.5. The number of halogens is 1. The van der Waals surface area contributed by atoms with Crippen LogP contribution in [0.5, 0.6) is 0 Å². The van der Waals surface area contributed by atoms with Crippen LogP contribution in [0.25, 0.3) is 17.2 Å². The number of rotatable bonds is 5. The van der Waals surface area contributed by atoms with Crippen molar-refractivity contribution in [2.45, 2.75) is 32.4 Å². The van der Waals surface area contributed by atoms with E-state index in [-0.39, 0.29) is 18.5 Å². The average molecular weight is 478 g/mol. The molecule has 2 N–H and O–H groups in total. The van der Waals surface area contributed by atoms with Gasteiger partial charge in [-0.15, -0.1) is 0 Å². The summed E-state index contributed by atoms with van der Waals surface area (Å²) in [4.78, 5) is 53.5. The van der Waals surface area contributed by atoms with E-state index in [9.17, 15) is 18.8 Å². The van der Waals surface area contributed by atoms with Crippen LogP contribution in [0.15, 0.2) is 52.6 Å². The number of hydrogen-bond donors (Lipinski definition) is 2. The summed E-state index contributed by atoms with van der Waals surface area (Å²) in [6.07, 6.45) is 7.55. The predicted octanol–water partition coefficient (Wildman–Crippen LogP) is 1.19. The Kier molecular flexibility index (Phi) is 5.85. The lowest BCUT2D eigenvalue weighted by molar-refractivity contribution is -0.133. The Morgan fingerprint density at radius 1 is 1.23 bits per heavy atom. The molecule has 4 aromatic heterocycles. The van der Waals surface area contributed by atoms with E-state index in [1.54, 1.807) is 40.8 Å². The topological polar surface area (TPSA) is 130 Å². The molecule has 5 heterocycles. The van der Waals surface area contributed by atoms with E-state index < -0.39 is 17.1 Å². The number of aryl methyl sites for hydroxylation is 1. The van der Waals surface area contributed by atoms with Crippen molar-refractivity contribution in [2.24, 2.45) is 0 Å². The number of fused-ring (bicyclic) bond motifs is 1. The van der Waals surface area contributed by atoms with Gasteiger partial charge >= 0.3 is 5.69 Å². The highest BCUT2D eigenvalue weighted by atomic mass is 19.1. The van der Waals surface area contributed by atoms with Crippen LogP contribution in [-0.4, -0.2) is 58.8 Å². The Labute approximate surface area is 198 Å². The summed E-state index contributed by atoms with van der Waals surface area (Å²) in [6.45, 7) is 2.46. The minimum Gasteiger partial charge on any atom is -0.365 e. The summed E-state index contributed by atoms with van der Waals surface area (Å²) in [5.41, 5.74) is 0.441. The number of carbonyl (C=O) groups excluding carboxylic acids is 1. The van der Waals surface area contributed by atoms with E-state index in [0.717, 1.165) is 12.8 Å². The maximum Gasteiger partial charge on any atom is 0.328 e. The highest BCUT2D eigenvalue weighted by Gasteiger charge is 2.24. The molecule has 180 valence electrons. The first-order valence-corrected chi connectivity index (χ1v) is 11.2. The van der Waals surface area contributed by atoms with E-state index in [0.29, 0.717) is 41.6 Å². The number of carbonyl (C=O) groups is 1. The molecule has 0 aromatic carbocycles. The lowest BCUT2D eigenvalue weighted by Gasteiger charge is -2.33. The Bertz CT molecular complexity index is 1530. The highest BCUT2D eigenvalue weighted by molar-refractivity contribution is 5.76. The Morgan fingerprint density at radius 2 is 2.09 bits per heavy atom. The highest BCUT2D eigenvalue weighted by Crippen LogP contribution is 2.20. The molecule has 1 amide bonds. The number of anilines is 1. The molecule has 1 unspecified atom stereocenters. The summed E-state index contributed by atoms with van der Waals surface area (Å²) in [7, 11) is 0. The van der Waals surface area contributed by atoms with Crippen LogP contribution < -0.4 is 16.6 Å². The standard InChI is InChI=1S/C23H23FN8O3/c1-14-10-31(23(35)29-22(14)34)13-20(33)30-8-2-3-16(12-30)27-18-6-7-25-21(28-18)17-9-26-19-5-4-15(24)11-32(17)19/h4-7,9-11,16H,2-3,8,12-13H2,1H3,(H,25,27,28)(H,29,34,35). The molecule has 1 atom stereocenters. The van der Waals surface area contributed by atoms with Crippen molar-refractivity contribution >= 4 is 17.4 Å². The molecule has 1 saturated heterocycles. The second-order valence-electron chi connectivity index (χ2n) is 8.51. The molecule has 1 fully saturated rings. The number of H-pyrrole nitrogens is 1. The summed E-state index contributed by atoms with van der Waals surface area (Å²) in [6, 6.07) is 4.60. The first-order chi connectivity index (χ1) is 16.9. The number of imidazole rings is 1. The second kappa shape index (κ2) is 9.12. The number of likely N-dealkylation sites (tertiary alicyclic amines) is 1. The van der Waals surface area contributed by atoms with Gasteiger partial charge in [-0.25, -0.2) is 24.1 Å². The van der Waals surface area contributed by atoms with Gasteiger partial charge in [0, 0.05) is 43.3 Å². The third kappa shape index (κ3) is 4.67. The van der Waals surface area contributed by atoms with Crippen LogP contribution in [0.2, 0.25) is 0 Å². The molecular formula is C23H23FN8O3. The Hall–Kier alpha value is -4.35. The number of piperidine rings is 1. The fourth-order valence-electron chi connectivity index (χ4n) is 4.19. The van der Waals surface area contributed by atoms with Gasteiger partial charge in [0.05, 0.1) is 6.20 Å². The smallest absolute Gasteiger partial charge is 0.328 e. The first-order valence-electron chi connectivity index (χ1n) is 11.2. The Morgan fingerprint density at radius 3 is 2.94 bits per heavy atom. The molecule has 0 radical (unpaired) electrons. The van der Waals surface area contributed by atoms with Crippen molar-refractivity contribution in [3.63, 3.8) is 0 Å². The SMILES string of the molecule is Cc1cn(CC(=O)N2CCCC(Nc3ccnc(-c4cnc5ccc(F)cn45)n3)C2)c(=O)[nH]c1=O. The quantitative estimate of drug-likeness (QED) is 0.441. The van der Waals surface area contributed by atoms with Gasteiger partial charge in [0.1, 0.15) is 29.5 Å². The van der Waals surface area contributed by atoms with E-state index >= 15 is 0 Å². The molecule has 12 heteroatoms. The molecule has 1 aliphatic heterocycles. The third-order valence-electron chi connectivity index (χ3n) is 5.97. The van der Waals surface area contributed by atoms with Gasteiger partial charge in [-0.3, -0.25) is 23.5 Å². The van der Waals surface area contributed by atoms with Crippen molar-refractivity contribution in [1.82, 2.24) is 33.8 Å². The van der Waals surface area contributed by atoms with Crippen molar-refractivity contribution in [3.05, 3.63) is 75.2 Å². The number of aromatic nitrogens is 6. The van der Waals surface area contributed by atoms with E-state index in [2.05, 4.69) is 25.3 Å². The number of amides is 1. The molecule has 0 bridgehead atoms. The lowest BCUT2D eigenvalue weighted by atomic mass is 10.1. The monoisotopic (exact) mass is 478 g/mol. The largest absolute Gasteiger partial charge is 0.365 e. The van der Waals surface area contributed by atoms with Gasteiger partial charge in [0.15, 0.2) is 5.82 Å².